The summed E-state index contributed by atoms with van der Waals surface area (Å²) in [6.45, 7) is 6.22. The number of benzene rings is 3. The first-order valence-electron chi connectivity index (χ1n) is 12.7. The van der Waals surface area contributed by atoms with Crippen LogP contribution in [0.15, 0.2) is 77.6 Å². The molecule has 1 amide bonds. The number of hydrogen-bond donors (Lipinski definition) is 0. The number of carbonyl (C=O) groups excluding carboxylic acids is 1. The number of nitrogens with zero attached hydrogens (tertiary/aromatic N) is 3. The Morgan fingerprint density at radius 2 is 1.58 bits per heavy atom. The summed E-state index contributed by atoms with van der Waals surface area (Å²) in [6, 6.07) is 18.8. The van der Waals surface area contributed by atoms with Crippen LogP contribution in [0.5, 0.6) is 0 Å². The van der Waals surface area contributed by atoms with Gasteiger partial charge in [0.2, 0.25) is 5.91 Å². The highest BCUT2D eigenvalue weighted by atomic mass is 19.4. The predicted octanol–water partition coefficient (Wildman–Crippen LogP) is 6.51. The van der Waals surface area contributed by atoms with E-state index in [1.807, 2.05) is 44.2 Å². The van der Waals surface area contributed by atoms with Crippen LogP contribution >= 0.6 is 0 Å². The Hall–Kier alpha value is -3.94. The second-order valence-electron chi connectivity index (χ2n) is 9.28. The zero-order valence-electron chi connectivity index (χ0n) is 21.6. The largest absolute Gasteiger partial charge is 0.416 e. The summed E-state index contributed by atoms with van der Waals surface area (Å²) in [4.78, 5) is 33.6. The minimum absolute atomic E-state index is 0.0640. The molecule has 3 aromatic carbocycles. The van der Waals surface area contributed by atoms with Gasteiger partial charge in [-0.2, -0.15) is 13.2 Å². The van der Waals surface area contributed by atoms with Crippen LogP contribution in [-0.4, -0.2) is 26.9 Å². The zero-order chi connectivity index (χ0) is 27.4. The first kappa shape index (κ1) is 27.1. The molecule has 0 unspecified atom stereocenters. The summed E-state index contributed by atoms with van der Waals surface area (Å²) in [5, 5.41) is 0.473. The van der Waals surface area contributed by atoms with Crippen LogP contribution in [0, 0.1) is 0 Å². The fourth-order valence-corrected chi connectivity index (χ4v) is 4.56. The van der Waals surface area contributed by atoms with Crippen molar-refractivity contribution >= 4 is 16.8 Å². The third kappa shape index (κ3) is 5.64. The average molecular weight is 522 g/mol. The third-order valence-corrected chi connectivity index (χ3v) is 6.67. The van der Waals surface area contributed by atoms with E-state index in [0.29, 0.717) is 40.9 Å². The minimum Gasteiger partial charge on any atom is -0.332 e. The zero-order valence-corrected chi connectivity index (χ0v) is 21.6. The Labute approximate surface area is 219 Å². The number of aromatic nitrogens is 2. The van der Waals surface area contributed by atoms with Crippen molar-refractivity contribution in [2.45, 2.75) is 52.3 Å². The van der Waals surface area contributed by atoms with Gasteiger partial charge in [0.25, 0.3) is 5.56 Å². The number of carbonyl (C=O) groups is 1. The summed E-state index contributed by atoms with van der Waals surface area (Å²) >= 11 is 0. The van der Waals surface area contributed by atoms with Crippen molar-refractivity contribution in [3.8, 4) is 5.69 Å². The van der Waals surface area contributed by atoms with E-state index in [4.69, 9.17) is 4.98 Å². The molecule has 0 N–H and O–H groups in total. The van der Waals surface area contributed by atoms with E-state index < -0.39 is 17.8 Å². The lowest BCUT2D eigenvalue weighted by molar-refractivity contribution is -0.137. The van der Waals surface area contributed by atoms with Gasteiger partial charge < -0.3 is 4.90 Å². The van der Waals surface area contributed by atoms with E-state index in [9.17, 15) is 22.8 Å². The summed E-state index contributed by atoms with van der Waals surface area (Å²) in [5.41, 5.74) is 1.81. The van der Waals surface area contributed by atoms with Gasteiger partial charge in [0.05, 0.1) is 34.6 Å². The Kier molecular flexibility index (Phi) is 7.99. The van der Waals surface area contributed by atoms with Crippen molar-refractivity contribution in [1.29, 1.82) is 0 Å². The van der Waals surface area contributed by atoms with Crippen LogP contribution in [0.25, 0.3) is 16.6 Å². The standard InChI is InChI=1S/C30H30F3N3O2/c1-4-18-35(27(37)19-22-10-14-23(15-11-22)30(31,32)33)20(3)28-34-26-9-7-6-8-25(26)29(38)36(28)24-16-12-21(5-2)13-17-24/h6-17,20H,4-5,18-19H2,1-3H3/t20-/m1/s1. The Bertz CT molecular complexity index is 1480. The van der Waals surface area contributed by atoms with Gasteiger partial charge in [-0.25, -0.2) is 4.98 Å². The lowest BCUT2D eigenvalue weighted by Crippen LogP contribution is -2.38. The van der Waals surface area contributed by atoms with E-state index in [0.717, 1.165) is 24.1 Å². The first-order valence-corrected chi connectivity index (χ1v) is 12.7. The number of rotatable bonds is 8. The van der Waals surface area contributed by atoms with Crippen molar-refractivity contribution in [2.24, 2.45) is 0 Å². The number of halogens is 3. The third-order valence-electron chi connectivity index (χ3n) is 6.67. The molecule has 0 radical (unpaired) electrons. The van der Waals surface area contributed by atoms with Crippen molar-refractivity contribution in [2.75, 3.05) is 6.54 Å². The van der Waals surface area contributed by atoms with Crippen molar-refractivity contribution < 1.29 is 18.0 Å². The number of hydrogen-bond acceptors (Lipinski definition) is 3. The predicted molar refractivity (Wildman–Crippen MR) is 142 cm³/mol. The molecule has 0 aliphatic carbocycles. The number of aryl methyl sites for hydroxylation is 1. The molecule has 8 heteroatoms. The SMILES string of the molecule is CCCN(C(=O)Cc1ccc(C(F)(F)F)cc1)[C@H](C)c1nc2ccccc2c(=O)n1-c1ccc(CC)cc1. The summed E-state index contributed by atoms with van der Waals surface area (Å²) in [7, 11) is 0. The molecule has 5 nitrogen and oxygen atoms in total. The molecule has 0 spiro atoms. The van der Waals surface area contributed by atoms with Gasteiger partial charge in [-0.1, -0.05) is 50.2 Å². The molecular formula is C30H30F3N3O2. The second-order valence-corrected chi connectivity index (χ2v) is 9.28. The number of alkyl halides is 3. The molecule has 198 valence electrons. The molecule has 4 rings (SSSR count). The number of amides is 1. The molecule has 1 atom stereocenters. The monoisotopic (exact) mass is 521 g/mol. The van der Waals surface area contributed by atoms with E-state index in [1.54, 1.807) is 27.7 Å². The van der Waals surface area contributed by atoms with Gasteiger partial charge in [-0.15, -0.1) is 0 Å². The van der Waals surface area contributed by atoms with Gasteiger partial charge in [0, 0.05) is 6.54 Å². The molecule has 0 fully saturated rings. The van der Waals surface area contributed by atoms with E-state index >= 15 is 0 Å². The molecule has 0 aliphatic heterocycles. The molecule has 0 saturated carbocycles. The van der Waals surface area contributed by atoms with Gasteiger partial charge in [0.1, 0.15) is 5.82 Å². The molecule has 1 aromatic heterocycles. The quantitative estimate of drug-likeness (QED) is 0.266. The number of fused-ring (bicyclic) bond motifs is 1. The molecule has 0 bridgehead atoms. The van der Waals surface area contributed by atoms with Crippen LogP contribution < -0.4 is 5.56 Å². The summed E-state index contributed by atoms with van der Waals surface area (Å²) in [6.07, 6.45) is -2.99. The van der Waals surface area contributed by atoms with Crippen LogP contribution in [0.2, 0.25) is 0 Å². The molecule has 0 saturated heterocycles. The maximum absolute atomic E-state index is 13.7. The van der Waals surface area contributed by atoms with E-state index in [-0.39, 0.29) is 17.9 Å². The van der Waals surface area contributed by atoms with E-state index in [1.165, 1.54) is 12.1 Å². The van der Waals surface area contributed by atoms with E-state index in [2.05, 4.69) is 6.92 Å². The second kappa shape index (κ2) is 11.2. The average Bonchev–Trinajstić information content (AvgIpc) is 2.91. The van der Waals surface area contributed by atoms with Crippen LogP contribution in [0.4, 0.5) is 13.2 Å². The molecular weight excluding hydrogens is 491 g/mol. The first-order chi connectivity index (χ1) is 18.1. The van der Waals surface area contributed by atoms with Crippen molar-refractivity contribution in [3.63, 3.8) is 0 Å². The molecule has 4 aromatic rings. The lowest BCUT2D eigenvalue weighted by atomic mass is 10.1. The van der Waals surface area contributed by atoms with Crippen LogP contribution in [0.3, 0.4) is 0 Å². The molecule has 38 heavy (non-hydrogen) atoms. The highest BCUT2D eigenvalue weighted by molar-refractivity contribution is 5.80. The highest BCUT2D eigenvalue weighted by Gasteiger charge is 2.30. The van der Waals surface area contributed by atoms with Crippen LogP contribution in [-0.2, 0) is 23.8 Å². The maximum Gasteiger partial charge on any atom is 0.416 e. The van der Waals surface area contributed by atoms with Gasteiger partial charge in [-0.3, -0.25) is 14.2 Å². The topological polar surface area (TPSA) is 55.2 Å². The maximum atomic E-state index is 13.7. The minimum atomic E-state index is -4.44. The van der Waals surface area contributed by atoms with Crippen molar-refractivity contribution in [1.82, 2.24) is 14.5 Å². The highest BCUT2D eigenvalue weighted by Crippen LogP contribution is 2.29. The van der Waals surface area contributed by atoms with Crippen molar-refractivity contribution in [3.05, 3.63) is 106 Å². The van der Waals surface area contributed by atoms with Gasteiger partial charge in [-0.05, 0) is 67.3 Å². The fraction of sp³-hybridized carbons (Fsp3) is 0.300. The Morgan fingerprint density at radius 3 is 2.18 bits per heavy atom. The lowest BCUT2D eigenvalue weighted by Gasteiger charge is -2.30. The summed E-state index contributed by atoms with van der Waals surface area (Å²) in [5.74, 6) is 0.168. The smallest absolute Gasteiger partial charge is 0.332 e. The van der Waals surface area contributed by atoms with Crippen LogP contribution in [0.1, 0.15) is 55.7 Å². The Balaban J connectivity index is 1.75. The Morgan fingerprint density at radius 1 is 0.947 bits per heavy atom. The van der Waals surface area contributed by atoms with Gasteiger partial charge >= 0.3 is 6.18 Å². The molecule has 1 heterocycles. The molecule has 0 aliphatic rings. The fourth-order valence-electron chi connectivity index (χ4n) is 4.56. The number of para-hydroxylation sites is 1. The summed E-state index contributed by atoms with van der Waals surface area (Å²) < 4.78 is 40.4. The normalized spacial score (nSPS) is 12.5. The van der Waals surface area contributed by atoms with Gasteiger partial charge in [0.15, 0.2) is 0 Å².